The second kappa shape index (κ2) is 5.53. The zero-order valence-electron chi connectivity index (χ0n) is 10.1. The van der Waals surface area contributed by atoms with Crippen LogP contribution in [0.15, 0.2) is 48.5 Å². The molecule has 0 spiro atoms. The highest BCUT2D eigenvalue weighted by molar-refractivity contribution is 5.61. The first-order valence-electron chi connectivity index (χ1n) is 5.59. The molecule has 0 aromatic heterocycles. The van der Waals surface area contributed by atoms with Gasteiger partial charge in [-0.25, -0.2) is 0 Å². The summed E-state index contributed by atoms with van der Waals surface area (Å²) in [4.78, 5) is 0. The molecule has 0 saturated carbocycles. The van der Waals surface area contributed by atoms with Crippen molar-refractivity contribution in [3.63, 3.8) is 0 Å². The van der Waals surface area contributed by atoms with Gasteiger partial charge in [0.05, 0.1) is 11.6 Å². The smallest absolute Gasteiger partial charge is 0.406 e. The van der Waals surface area contributed by atoms with Gasteiger partial charge in [0.25, 0.3) is 0 Å². The maximum atomic E-state index is 12.1. The number of ether oxygens (including phenoxy) is 1. The van der Waals surface area contributed by atoms with E-state index in [1.54, 1.807) is 30.3 Å². The average Bonchev–Trinajstić information content (AvgIpc) is 2.38. The molecular formula is C14H9F3N2O. The molecular weight excluding hydrogens is 269 g/mol. The summed E-state index contributed by atoms with van der Waals surface area (Å²) in [6.07, 6.45) is -4.72. The van der Waals surface area contributed by atoms with Crippen LogP contribution in [-0.2, 0) is 0 Å². The number of nitrogens with zero attached hydrogens (tertiary/aromatic N) is 1. The fraction of sp³-hybridized carbons (Fsp3) is 0.0714. The van der Waals surface area contributed by atoms with E-state index >= 15 is 0 Å². The molecule has 0 bridgehead atoms. The molecule has 0 fully saturated rings. The fourth-order valence-electron chi connectivity index (χ4n) is 1.57. The van der Waals surface area contributed by atoms with E-state index in [0.717, 1.165) is 0 Å². The molecule has 102 valence electrons. The molecule has 2 rings (SSSR count). The number of anilines is 2. The molecule has 2 aromatic carbocycles. The lowest BCUT2D eigenvalue weighted by molar-refractivity contribution is -0.274. The van der Waals surface area contributed by atoms with E-state index in [0.29, 0.717) is 16.9 Å². The van der Waals surface area contributed by atoms with Crippen molar-refractivity contribution in [2.24, 2.45) is 0 Å². The molecule has 0 atom stereocenters. The minimum atomic E-state index is -4.72. The fourth-order valence-corrected chi connectivity index (χ4v) is 1.57. The maximum absolute atomic E-state index is 12.1. The molecule has 0 radical (unpaired) electrons. The van der Waals surface area contributed by atoms with Crippen molar-refractivity contribution < 1.29 is 17.9 Å². The molecule has 3 nitrogen and oxygen atoms in total. The van der Waals surface area contributed by atoms with Crippen molar-refractivity contribution in [2.75, 3.05) is 5.32 Å². The predicted octanol–water partition coefficient (Wildman–Crippen LogP) is 4.20. The Labute approximate surface area is 113 Å². The number of hydrogen-bond acceptors (Lipinski definition) is 3. The highest BCUT2D eigenvalue weighted by atomic mass is 19.4. The molecule has 0 heterocycles. The van der Waals surface area contributed by atoms with Gasteiger partial charge >= 0.3 is 6.36 Å². The molecule has 0 amide bonds. The minimum Gasteiger partial charge on any atom is -0.406 e. The van der Waals surface area contributed by atoms with Crippen LogP contribution in [0.4, 0.5) is 24.5 Å². The zero-order valence-corrected chi connectivity index (χ0v) is 10.1. The molecule has 0 aliphatic carbocycles. The predicted molar refractivity (Wildman–Crippen MR) is 67.6 cm³/mol. The quantitative estimate of drug-likeness (QED) is 0.915. The number of nitriles is 1. The highest BCUT2D eigenvalue weighted by Gasteiger charge is 2.31. The first-order chi connectivity index (χ1) is 9.46. The average molecular weight is 278 g/mol. The lowest BCUT2D eigenvalue weighted by Crippen LogP contribution is -2.17. The zero-order chi connectivity index (χ0) is 14.6. The van der Waals surface area contributed by atoms with Crippen LogP contribution in [-0.4, -0.2) is 6.36 Å². The van der Waals surface area contributed by atoms with Crippen LogP contribution in [0.3, 0.4) is 0 Å². The molecule has 0 aliphatic rings. The Kier molecular flexibility index (Phi) is 3.80. The Morgan fingerprint density at radius 3 is 2.30 bits per heavy atom. The van der Waals surface area contributed by atoms with Gasteiger partial charge in [0, 0.05) is 17.4 Å². The van der Waals surface area contributed by atoms with Crippen LogP contribution in [0.5, 0.6) is 5.75 Å². The van der Waals surface area contributed by atoms with E-state index in [1.807, 2.05) is 6.07 Å². The van der Waals surface area contributed by atoms with E-state index in [2.05, 4.69) is 10.1 Å². The first kappa shape index (κ1) is 13.7. The van der Waals surface area contributed by atoms with Crippen LogP contribution >= 0.6 is 0 Å². The standard InChI is InChI=1S/C14H9F3N2O/c15-14(16,17)20-13-3-1-2-12(8-13)19-11-6-4-10(9-18)5-7-11/h1-8,19H. The Morgan fingerprint density at radius 1 is 1.00 bits per heavy atom. The van der Waals surface area contributed by atoms with E-state index in [1.165, 1.54) is 18.2 Å². The number of benzene rings is 2. The van der Waals surface area contributed by atoms with E-state index < -0.39 is 6.36 Å². The van der Waals surface area contributed by atoms with Gasteiger partial charge in [0.2, 0.25) is 0 Å². The highest BCUT2D eigenvalue weighted by Crippen LogP contribution is 2.26. The van der Waals surface area contributed by atoms with Crippen LogP contribution < -0.4 is 10.1 Å². The van der Waals surface area contributed by atoms with Crippen molar-refractivity contribution in [1.82, 2.24) is 0 Å². The summed E-state index contributed by atoms with van der Waals surface area (Å²) in [7, 11) is 0. The largest absolute Gasteiger partial charge is 0.573 e. The number of rotatable bonds is 3. The third kappa shape index (κ3) is 3.92. The lowest BCUT2D eigenvalue weighted by atomic mass is 10.2. The molecule has 0 aliphatic heterocycles. The summed E-state index contributed by atoms with van der Waals surface area (Å²) in [6.45, 7) is 0. The van der Waals surface area contributed by atoms with Crippen LogP contribution in [0.1, 0.15) is 5.56 Å². The number of nitrogens with one attached hydrogen (secondary N) is 1. The molecule has 0 unspecified atom stereocenters. The van der Waals surface area contributed by atoms with Crippen molar-refractivity contribution in [3.8, 4) is 11.8 Å². The van der Waals surface area contributed by atoms with Gasteiger partial charge in [-0.1, -0.05) is 6.07 Å². The summed E-state index contributed by atoms with van der Waals surface area (Å²) >= 11 is 0. The van der Waals surface area contributed by atoms with Crippen molar-refractivity contribution >= 4 is 11.4 Å². The van der Waals surface area contributed by atoms with Crippen LogP contribution in [0, 0.1) is 11.3 Å². The minimum absolute atomic E-state index is 0.295. The summed E-state index contributed by atoms with van der Waals surface area (Å²) in [5.74, 6) is -0.295. The third-order valence-electron chi connectivity index (χ3n) is 2.37. The molecule has 1 N–H and O–H groups in total. The molecule has 6 heteroatoms. The van der Waals surface area contributed by atoms with Crippen molar-refractivity contribution in [2.45, 2.75) is 6.36 Å². The normalized spacial score (nSPS) is 10.7. The van der Waals surface area contributed by atoms with Gasteiger partial charge in [-0.05, 0) is 36.4 Å². The first-order valence-corrected chi connectivity index (χ1v) is 5.59. The Bertz CT molecular complexity index is 630. The second-order valence-electron chi connectivity index (χ2n) is 3.89. The maximum Gasteiger partial charge on any atom is 0.573 e. The second-order valence-corrected chi connectivity index (χ2v) is 3.89. The van der Waals surface area contributed by atoms with Crippen molar-refractivity contribution in [3.05, 3.63) is 54.1 Å². The van der Waals surface area contributed by atoms with E-state index in [9.17, 15) is 13.2 Å². The van der Waals surface area contributed by atoms with Gasteiger partial charge in [-0.15, -0.1) is 13.2 Å². The number of halogens is 3. The molecule has 2 aromatic rings. The van der Waals surface area contributed by atoms with Gasteiger partial charge in [0.1, 0.15) is 5.75 Å². The van der Waals surface area contributed by atoms with Gasteiger partial charge in [0.15, 0.2) is 0 Å². The number of alkyl halides is 3. The Morgan fingerprint density at radius 2 is 1.70 bits per heavy atom. The SMILES string of the molecule is N#Cc1ccc(Nc2cccc(OC(F)(F)F)c2)cc1. The lowest BCUT2D eigenvalue weighted by Gasteiger charge is -2.11. The summed E-state index contributed by atoms with van der Waals surface area (Å²) < 4.78 is 40.2. The summed E-state index contributed by atoms with van der Waals surface area (Å²) in [6, 6.07) is 14.0. The topological polar surface area (TPSA) is 45.0 Å². The summed E-state index contributed by atoms with van der Waals surface area (Å²) in [5, 5.41) is 11.6. The summed E-state index contributed by atoms with van der Waals surface area (Å²) in [5.41, 5.74) is 1.62. The Balaban J connectivity index is 2.13. The third-order valence-corrected chi connectivity index (χ3v) is 2.37. The van der Waals surface area contributed by atoms with Gasteiger partial charge < -0.3 is 10.1 Å². The van der Waals surface area contributed by atoms with E-state index in [-0.39, 0.29) is 5.75 Å². The van der Waals surface area contributed by atoms with Crippen molar-refractivity contribution in [1.29, 1.82) is 5.26 Å². The number of hydrogen-bond donors (Lipinski definition) is 1. The van der Waals surface area contributed by atoms with Crippen LogP contribution in [0.2, 0.25) is 0 Å². The van der Waals surface area contributed by atoms with Gasteiger partial charge in [-0.3, -0.25) is 0 Å². The molecule has 0 saturated heterocycles. The van der Waals surface area contributed by atoms with Crippen LogP contribution in [0.25, 0.3) is 0 Å². The Hall–Kier alpha value is -2.68. The molecule has 20 heavy (non-hydrogen) atoms. The monoisotopic (exact) mass is 278 g/mol. The van der Waals surface area contributed by atoms with Gasteiger partial charge in [-0.2, -0.15) is 5.26 Å². The van der Waals surface area contributed by atoms with E-state index in [4.69, 9.17) is 5.26 Å².